The van der Waals surface area contributed by atoms with Crippen molar-refractivity contribution in [3.8, 4) is 0 Å². The molecule has 2 unspecified atom stereocenters. The van der Waals surface area contributed by atoms with Gasteiger partial charge in [0.25, 0.3) is 5.91 Å². The van der Waals surface area contributed by atoms with Crippen LogP contribution in [0.25, 0.3) is 0 Å². The second-order valence-corrected chi connectivity index (χ2v) is 7.60. The van der Waals surface area contributed by atoms with E-state index in [0.29, 0.717) is 11.8 Å². The fourth-order valence-electron chi connectivity index (χ4n) is 2.43. The second kappa shape index (κ2) is 5.04. The van der Waals surface area contributed by atoms with Gasteiger partial charge < -0.3 is 4.90 Å². The molecular weight excluding hydrogens is 333 g/mol. The smallest absolute Gasteiger partial charge is 0.254 e. The van der Waals surface area contributed by atoms with Crippen LogP contribution < -0.4 is 0 Å². The van der Waals surface area contributed by atoms with Gasteiger partial charge in [0.2, 0.25) is 0 Å². The molecule has 1 fully saturated rings. The van der Waals surface area contributed by atoms with Crippen LogP contribution in [0.2, 0.25) is 0 Å². The summed E-state index contributed by atoms with van der Waals surface area (Å²) in [5.41, 5.74) is 0.857. The van der Waals surface area contributed by atoms with Crippen molar-refractivity contribution in [2.45, 2.75) is 20.3 Å². The van der Waals surface area contributed by atoms with Crippen LogP contribution in [0.15, 0.2) is 11.4 Å². The molecule has 0 aromatic carbocycles. The number of carbonyl (C=O) groups is 1. The Morgan fingerprint density at radius 3 is 2.56 bits per heavy atom. The molecule has 16 heavy (non-hydrogen) atoms. The molecule has 1 saturated heterocycles. The number of amides is 1. The summed E-state index contributed by atoms with van der Waals surface area (Å²) in [5, 5.41) is 1.97. The number of hydrogen-bond donors (Lipinski definition) is 0. The van der Waals surface area contributed by atoms with Gasteiger partial charge in [0.1, 0.15) is 0 Å². The highest BCUT2D eigenvalue weighted by Gasteiger charge is 2.26. The molecule has 0 N–H and O–H groups in total. The largest absolute Gasteiger partial charge is 0.338 e. The topological polar surface area (TPSA) is 20.3 Å². The predicted molar refractivity (Wildman–Crippen MR) is 75.9 cm³/mol. The highest BCUT2D eigenvalue weighted by Crippen LogP contribution is 2.24. The first-order chi connectivity index (χ1) is 7.56. The van der Waals surface area contributed by atoms with E-state index in [2.05, 4.69) is 36.4 Å². The summed E-state index contributed by atoms with van der Waals surface area (Å²) in [7, 11) is 0. The first kappa shape index (κ1) is 12.4. The fraction of sp³-hybridized carbons (Fsp3) is 0.583. The number of thiophene rings is 1. The van der Waals surface area contributed by atoms with Crippen LogP contribution in [0.1, 0.15) is 30.6 Å². The molecule has 0 spiro atoms. The number of piperidine rings is 1. The highest BCUT2D eigenvalue weighted by atomic mass is 127. The predicted octanol–water partition coefficient (Wildman–Crippen LogP) is 3.47. The van der Waals surface area contributed by atoms with Gasteiger partial charge >= 0.3 is 0 Å². The third-order valence-corrected chi connectivity index (χ3v) is 4.76. The minimum atomic E-state index is 0.206. The van der Waals surface area contributed by atoms with E-state index in [1.54, 1.807) is 11.3 Å². The van der Waals surface area contributed by atoms with Gasteiger partial charge in [-0.1, -0.05) is 13.8 Å². The zero-order valence-electron chi connectivity index (χ0n) is 9.57. The van der Waals surface area contributed by atoms with E-state index in [4.69, 9.17) is 0 Å². The molecule has 1 amide bonds. The molecule has 1 aliphatic heterocycles. The van der Waals surface area contributed by atoms with Crippen LogP contribution in [0.4, 0.5) is 0 Å². The average Bonchev–Trinajstić information content (AvgIpc) is 2.62. The van der Waals surface area contributed by atoms with E-state index in [1.807, 2.05) is 16.3 Å². The zero-order chi connectivity index (χ0) is 11.7. The number of rotatable bonds is 1. The Hall–Kier alpha value is -0.100. The first-order valence-corrected chi connectivity index (χ1v) is 7.55. The molecule has 88 valence electrons. The molecule has 1 aromatic rings. The second-order valence-electron chi connectivity index (χ2n) is 4.80. The maximum Gasteiger partial charge on any atom is 0.254 e. The Morgan fingerprint density at radius 2 is 2.06 bits per heavy atom. The average molecular weight is 349 g/mol. The van der Waals surface area contributed by atoms with Gasteiger partial charge in [-0.05, 0) is 46.9 Å². The summed E-state index contributed by atoms with van der Waals surface area (Å²) in [6, 6.07) is 1.98. The highest BCUT2D eigenvalue weighted by molar-refractivity contribution is 14.1. The molecule has 2 nitrogen and oxygen atoms in total. The third kappa shape index (κ3) is 2.77. The van der Waals surface area contributed by atoms with Gasteiger partial charge in [-0.2, -0.15) is 0 Å². The van der Waals surface area contributed by atoms with Crippen LogP contribution in [0.3, 0.4) is 0 Å². The number of nitrogens with zero attached hydrogens (tertiary/aromatic N) is 1. The maximum atomic E-state index is 12.2. The molecular formula is C12H16INOS. The maximum absolute atomic E-state index is 12.2. The van der Waals surface area contributed by atoms with Crippen LogP contribution >= 0.6 is 33.9 Å². The lowest BCUT2D eigenvalue weighted by atomic mass is 9.91. The van der Waals surface area contributed by atoms with Crippen molar-refractivity contribution in [1.29, 1.82) is 0 Å². The number of halogens is 1. The zero-order valence-corrected chi connectivity index (χ0v) is 12.5. The van der Waals surface area contributed by atoms with Crippen molar-refractivity contribution < 1.29 is 4.79 Å². The molecule has 0 saturated carbocycles. The van der Waals surface area contributed by atoms with E-state index < -0.39 is 0 Å². The van der Waals surface area contributed by atoms with Crippen LogP contribution in [0.5, 0.6) is 0 Å². The summed E-state index contributed by atoms with van der Waals surface area (Å²) in [6.07, 6.45) is 1.24. The first-order valence-electron chi connectivity index (χ1n) is 5.59. The number of carbonyl (C=O) groups excluding carboxylic acids is 1. The van der Waals surface area contributed by atoms with Crippen molar-refractivity contribution in [1.82, 2.24) is 4.90 Å². The minimum absolute atomic E-state index is 0.206. The van der Waals surface area contributed by atoms with Crippen molar-refractivity contribution in [2.75, 3.05) is 13.1 Å². The summed E-state index contributed by atoms with van der Waals surface area (Å²) < 4.78 is 1.18. The summed E-state index contributed by atoms with van der Waals surface area (Å²) in [4.78, 5) is 14.2. The molecule has 2 atom stereocenters. The summed E-state index contributed by atoms with van der Waals surface area (Å²) >= 11 is 3.90. The van der Waals surface area contributed by atoms with Crippen molar-refractivity contribution in [2.24, 2.45) is 11.8 Å². The normalized spacial score (nSPS) is 25.8. The Labute approximate surface area is 114 Å². The lowest BCUT2D eigenvalue weighted by molar-refractivity contribution is 0.0623. The van der Waals surface area contributed by atoms with E-state index in [-0.39, 0.29) is 5.91 Å². The van der Waals surface area contributed by atoms with Crippen LogP contribution in [0, 0.1) is 14.7 Å². The van der Waals surface area contributed by atoms with E-state index in [1.165, 1.54) is 9.30 Å². The van der Waals surface area contributed by atoms with E-state index in [0.717, 1.165) is 18.7 Å². The Morgan fingerprint density at radius 1 is 1.44 bits per heavy atom. The van der Waals surface area contributed by atoms with Gasteiger partial charge in [-0.15, -0.1) is 11.3 Å². The van der Waals surface area contributed by atoms with Gasteiger partial charge in [-0.3, -0.25) is 4.79 Å². The molecule has 1 aromatic heterocycles. The molecule has 2 heterocycles. The monoisotopic (exact) mass is 349 g/mol. The number of likely N-dealkylation sites (tertiary alicyclic amines) is 1. The Bertz CT molecular complexity index is 380. The van der Waals surface area contributed by atoms with Gasteiger partial charge in [0.05, 0.1) is 8.45 Å². The SMILES string of the molecule is CC1CC(C)CN(C(=O)c2csc(I)c2)C1. The molecule has 4 heteroatoms. The van der Waals surface area contributed by atoms with E-state index >= 15 is 0 Å². The Kier molecular flexibility index (Phi) is 3.89. The van der Waals surface area contributed by atoms with Gasteiger partial charge in [-0.25, -0.2) is 0 Å². The fourth-order valence-corrected chi connectivity index (χ4v) is 3.75. The standard InChI is InChI=1S/C12H16INOS/c1-8-3-9(2)6-14(5-8)12(15)10-4-11(13)16-7-10/h4,7-9H,3,5-6H2,1-2H3. The molecule has 1 aliphatic rings. The lowest BCUT2D eigenvalue weighted by Crippen LogP contribution is -2.42. The lowest BCUT2D eigenvalue weighted by Gasteiger charge is -2.34. The van der Waals surface area contributed by atoms with Gasteiger partial charge in [0.15, 0.2) is 0 Å². The van der Waals surface area contributed by atoms with Gasteiger partial charge in [0, 0.05) is 18.5 Å². The molecule has 2 rings (SSSR count). The summed E-state index contributed by atoms with van der Waals surface area (Å²) in [5.74, 6) is 1.47. The summed E-state index contributed by atoms with van der Waals surface area (Å²) in [6.45, 7) is 6.28. The molecule has 0 bridgehead atoms. The van der Waals surface area contributed by atoms with Crippen molar-refractivity contribution in [3.63, 3.8) is 0 Å². The van der Waals surface area contributed by atoms with E-state index in [9.17, 15) is 4.79 Å². The third-order valence-electron chi connectivity index (χ3n) is 2.97. The quantitative estimate of drug-likeness (QED) is 0.711. The van der Waals surface area contributed by atoms with Crippen molar-refractivity contribution in [3.05, 3.63) is 19.9 Å². The minimum Gasteiger partial charge on any atom is -0.338 e. The van der Waals surface area contributed by atoms with Crippen molar-refractivity contribution >= 4 is 39.8 Å². The molecule has 0 radical (unpaired) electrons. The van der Waals surface area contributed by atoms with Crippen LogP contribution in [-0.4, -0.2) is 23.9 Å². The Balaban J connectivity index is 2.09. The number of hydrogen-bond acceptors (Lipinski definition) is 2. The van der Waals surface area contributed by atoms with Crippen LogP contribution in [-0.2, 0) is 0 Å². The molecule has 0 aliphatic carbocycles.